The highest BCUT2D eigenvalue weighted by atomic mass is 32.2. The highest BCUT2D eigenvalue weighted by Crippen LogP contribution is 2.34. The third-order valence-electron chi connectivity index (χ3n) is 5.14. The standard InChI is InChI=1S/C21H21N3O3S2/c25-20(23-19-8-4-7-18(19)15-5-2-1-3-6-15)16-9-11-17(12-10-16)29(26,27)24-21-22-13-14-28-21/h1-3,5-6,9-14,18-19H,4,7-8H2,(H,22,24)(H,23,25). The number of nitrogens with one attached hydrogen (secondary N) is 2. The van der Waals surface area contributed by atoms with Crippen LogP contribution in [0.15, 0.2) is 71.1 Å². The molecule has 2 aromatic carbocycles. The number of thiazole rings is 1. The average Bonchev–Trinajstić information content (AvgIpc) is 3.40. The number of hydrogen-bond acceptors (Lipinski definition) is 5. The maximum absolute atomic E-state index is 12.7. The van der Waals surface area contributed by atoms with E-state index in [2.05, 4.69) is 27.2 Å². The molecule has 1 heterocycles. The molecule has 1 aliphatic rings. The molecule has 1 saturated carbocycles. The zero-order valence-corrected chi connectivity index (χ0v) is 17.2. The summed E-state index contributed by atoms with van der Waals surface area (Å²) in [5.74, 6) is 0.122. The molecule has 0 bridgehead atoms. The fourth-order valence-corrected chi connectivity index (χ4v) is 5.51. The van der Waals surface area contributed by atoms with E-state index in [1.165, 1.54) is 47.4 Å². The molecule has 0 saturated heterocycles. The van der Waals surface area contributed by atoms with Crippen molar-refractivity contribution in [2.45, 2.75) is 36.1 Å². The lowest BCUT2D eigenvalue weighted by atomic mass is 9.94. The monoisotopic (exact) mass is 427 g/mol. The summed E-state index contributed by atoms with van der Waals surface area (Å²) in [4.78, 5) is 16.7. The van der Waals surface area contributed by atoms with Crippen molar-refractivity contribution >= 4 is 32.4 Å². The molecule has 1 aliphatic carbocycles. The Morgan fingerprint density at radius 1 is 1.03 bits per heavy atom. The summed E-state index contributed by atoms with van der Waals surface area (Å²) in [6.45, 7) is 0. The molecule has 29 heavy (non-hydrogen) atoms. The minimum atomic E-state index is -3.73. The van der Waals surface area contributed by atoms with Gasteiger partial charge in [0.1, 0.15) is 0 Å². The van der Waals surface area contributed by atoms with Crippen LogP contribution in [0.2, 0.25) is 0 Å². The first-order chi connectivity index (χ1) is 14.0. The quantitative estimate of drug-likeness (QED) is 0.622. The highest BCUT2D eigenvalue weighted by molar-refractivity contribution is 7.93. The molecule has 1 amide bonds. The van der Waals surface area contributed by atoms with Crippen LogP contribution in [-0.2, 0) is 10.0 Å². The van der Waals surface area contributed by atoms with E-state index >= 15 is 0 Å². The van der Waals surface area contributed by atoms with Gasteiger partial charge in [-0.2, -0.15) is 0 Å². The number of hydrogen-bond donors (Lipinski definition) is 2. The van der Waals surface area contributed by atoms with Crippen molar-refractivity contribution in [2.75, 3.05) is 4.72 Å². The number of nitrogens with zero attached hydrogens (tertiary/aromatic N) is 1. The molecule has 1 fully saturated rings. The molecule has 1 aromatic heterocycles. The van der Waals surface area contributed by atoms with Crippen molar-refractivity contribution in [3.63, 3.8) is 0 Å². The van der Waals surface area contributed by atoms with Gasteiger partial charge in [-0.25, -0.2) is 13.4 Å². The number of aromatic nitrogens is 1. The van der Waals surface area contributed by atoms with Crippen molar-refractivity contribution in [3.8, 4) is 0 Å². The summed E-state index contributed by atoms with van der Waals surface area (Å²) >= 11 is 1.20. The van der Waals surface area contributed by atoms with E-state index in [1.807, 2.05) is 18.2 Å². The molecular weight excluding hydrogens is 406 g/mol. The van der Waals surface area contributed by atoms with Gasteiger partial charge in [0.05, 0.1) is 4.90 Å². The van der Waals surface area contributed by atoms with Crippen LogP contribution < -0.4 is 10.0 Å². The van der Waals surface area contributed by atoms with E-state index in [1.54, 1.807) is 5.38 Å². The van der Waals surface area contributed by atoms with Crippen LogP contribution in [-0.4, -0.2) is 25.4 Å². The Bertz CT molecular complexity index is 1070. The fourth-order valence-electron chi connectivity index (χ4n) is 3.72. The number of carbonyl (C=O) groups excluding carboxylic acids is 1. The molecule has 0 spiro atoms. The van der Waals surface area contributed by atoms with Crippen LogP contribution in [0.4, 0.5) is 5.13 Å². The van der Waals surface area contributed by atoms with Gasteiger partial charge in [0.15, 0.2) is 5.13 Å². The lowest BCUT2D eigenvalue weighted by Crippen LogP contribution is -2.36. The minimum Gasteiger partial charge on any atom is -0.349 e. The molecule has 2 atom stereocenters. The fraction of sp³-hybridized carbons (Fsp3) is 0.238. The van der Waals surface area contributed by atoms with Gasteiger partial charge in [-0.15, -0.1) is 11.3 Å². The number of sulfonamides is 1. The number of anilines is 1. The largest absolute Gasteiger partial charge is 0.349 e. The summed E-state index contributed by atoms with van der Waals surface area (Å²) in [5, 5.41) is 5.12. The molecule has 0 radical (unpaired) electrons. The van der Waals surface area contributed by atoms with Gasteiger partial charge in [0, 0.05) is 29.1 Å². The van der Waals surface area contributed by atoms with Crippen molar-refractivity contribution in [1.82, 2.24) is 10.3 Å². The molecule has 6 nitrogen and oxygen atoms in total. The van der Waals surface area contributed by atoms with Gasteiger partial charge in [-0.1, -0.05) is 36.8 Å². The van der Waals surface area contributed by atoms with E-state index in [9.17, 15) is 13.2 Å². The molecule has 2 N–H and O–H groups in total. The summed E-state index contributed by atoms with van der Waals surface area (Å²) in [7, 11) is -3.73. The zero-order valence-electron chi connectivity index (χ0n) is 15.6. The van der Waals surface area contributed by atoms with Crippen LogP contribution in [0.3, 0.4) is 0 Å². The number of carbonyl (C=O) groups is 1. The third kappa shape index (κ3) is 4.49. The normalized spacial score (nSPS) is 19.0. The Morgan fingerprint density at radius 3 is 2.48 bits per heavy atom. The first kappa shape index (κ1) is 19.6. The predicted molar refractivity (Wildman–Crippen MR) is 114 cm³/mol. The highest BCUT2D eigenvalue weighted by Gasteiger charge is 2.30. The molecule has 4 rings (SSSR count). The van der Waals surface area contributed by atoms with Crippen molar-refractivity contribution in [2.24, 2.45) is 0 Å². The second kappa shape index (κ2) is 8.34. The van der Waals surface area contributed by atoms with Gasteiger partial charge in [-0.3, -0.25) is 9.52 Å². The Labute approximate surface area is 174 Å². The summed E-state index contributed by atoms with van der Waals surface area (Å²) in [6, 6.07) is 16.3. The molecule has 2 unspecified atom stereocenters. The number of benzene rings is 2. The predicted octanol–water partition coefficient (Wildman–Crippen LogP) is 4.01. The second-order valence-electron chi connectivity index (χ2n) is 7.00. The third-order valence-corrected chi connectivity index (χ3v) is 7.31. The van der Waals surface area contributed by atoms with Gasteiger partial charge < -0.3 is 5.32 Å². The van der Waals surface area contributed by atoms with E-state index < -0.39 is 10.0 Å². The number of rotatable bonds is 6. The average molecular weight is 428 g/mol. The SMILES string of the molecule is O=C(NC1CCCC1c1ccccc1)c1ccc(S(=O)(=O)Nc2nccs2)cc1. The van der Waals surface area contributed by atoms with Crippen LogP contribution in [0, 0.1) is 0 Å². The molecule has 8 heteroatoms. The van der Waals surface area contributed by atoms with Gasteiger partial charge in [-0.05, 0) is 42.7 Å². The lowest BCUT2D eigenvalue weighted by Gasteiger charge is -2.21. The Balaban J connectivity index is 1.44. The molecule has 150 valence electrons. The van der Waals surface area contributed by atoms with Crippen LogP contribution in [0.1, 0.15) is 41.1 Å². The van der Waals surface area contributed by atoms with Gasteiger partial charge >= 0.3 is 0 Å². The molecule has 3 aromatic rings. The zero-order chi connectivity index (χ0) is 20.3. The van der Waals surface area contributed by atoms with Crippen LogP contribution in [0.5, 0.6) is 0 Å². The Morgan fingerprint density at radius 2 is 1.79 bits per heavy atom. The summed E-state index contributed by atoms with van der Waals surface area (Å²) < 4.78 is 27.3. The van der Waals surface area contributed by atoms with Crippen LogP contribution in [0.25, 0.3) is 0 Å². The van der Waals surface area contributed by atoms with Crippen molar-refractivity contribution in [1.29, 1.82) is 0 Å². The Kier molecular flexibility index (Phi) is 5.64. The maximum Gasteiger partial charge on any atom is 0.263 e. The minimum absolute atomic E-state index is 0.0832. The smallest absolute Gasteiger partial charge is 0.263 e. The topological polar surface area (TPSA) is 88.2 Å². The summed E-state index contributed by atoms with van der Waals surface area (Å²) in [6.07, 6.45) is 4.59. The van der Waals surface area contributed by atoms with E-state index in [-0.39, 0.29) is 16.8 Å². The first-order valence-electron chi connectivity index (χ1n) is 9.41. The van der Waals surface area contributed by atoms with E-state index in [0.29, 0.717) is 16.6 Å². The Hall–Kier alpha value is -2.71. The second-order valence-corrected chi connectivity index (χ2v) is 9.57. The maximum atomic E-state index is 12.7. The molecule has 0 aliphatic heterocycles. The molecular formula is C21H21N3O3S2. The summed E-state index contributed by atoms with van der Waals surface area (Å²) in [5.41, 5.74) is 1.68. The van der Waals surface area contributed by atoms with Crippen molar-refractivity contribution in [3.05, 3.63) is 77.3 Å². The van der Waals surface area contributed by atoms with Gasteiger partial charge in [0.25, 0.3) is 15.9 Å². The van der Waals surface area contributed by atoms with E-state index in [0.717, 1.165) is 19.3 Å². The number of amides is 1. The lowest BCUT2D eigenvalue weighted by molar-refractivity contribution is 0.0934. The van der Waals surface area contributed by atoms with Crippen LogP contribution >= 0.6 is 11.3 Å². The van der Waals surface area contributed by atoms with Gasteiger partial charge in [0.2, 0.25) is 0 Å². The van der Waals surface area contributed by atoms with Crippen molar-refractivity contribution < 1.29 is 13.2 Å². The first-order valence-corrected chi connectivity index (χ1v) is 11.8. The van der Waals surface area contributed by atoms with E-state index in [4.69, 9.17) is 0 Å².